The lowest BCUT2D eigenvalue weighted by Gasteiger charge is -2.09. The van der Waals surface area contributed by atoms with E-state index in [0.717, 1.165) is 11.1 Å². The number of benzene rings is 4. The molecule has 0 saturated heterocycles. The van der Waals surface area contributed by atoms with Crippen LogP contribution in [0.1, 0.15) is 22.8 Å². The van der Waals surface area contributed by atoms with Crippen molar-refractivity contribution in [2.24, 2.45) is 0 Å². The second-order valence-corrected chi connectivity index (χ2v) is 16.9. The fraction of sp³-hybridized carbons (Fsp3) is 0. The van der Waals surface area contributed by atoms with Crippen molar-refractivity contribution in [3.8, 4) is 67.5 Å². The molecule has 8 bridgehead atoms. The fourth-order valence-electron chi connectivity index (χ4n) is 7.55. The van der Waals surface area contributed by atoms with Crippen LogP contribution >= 0.6 is 33.7 Å². The highest BCUT2D eigenvalue weighted by Crippen LogP contribution is 2.41. The first kappa shape index (κ1) is 43.0. The molecule has 5 heterocycles. The summed E-state index contributed by atoms with van der Waals surface area (Å²) in [6.45, 7) is 0. The standard InChI is InChI=1S/C44H34N4O12P4/c49-61(50)57-29-9-1-25(2-10-29)41-33-17-19-35(45-33)42(26-3-11-30(12-4-26)58-62(51)52)37-21-23-39(47-37)44(28-7-15-32(16-8-28)60-64(55)56)40-24-22-38(48-40)43(36-20-18-34(41)46-36)27-5-13-31(14-6-27)59-63(53)54/h1-24,45,48-50,53-54,62,64H,(H,51,52)(H,55,56). The molecule has 0 aliphatic carbocycles. The molecule has 2 unspecified atom stereocenters. The van der Waals surface area contributed by atoms with Crippen LogP contribution in [0.2, 0.25) is 0 Å². The van der Waals surface area contributed by atoms with E-state index in [1.165, 1.54) is 0 Å². The van der Waals surface area contributed by atoms with Gasteiger partial charge in [-0.25, -0.2) is 19.1 Å². The Bertz CT molecular complexity index is 2970. The van der Waals surface area contributed by atoms with Gasteiger partial charge in [-0.3, -0.25) is 0 Å². The average molecular weight is 935 g/mol. The van der Waals surface area contributed by atoms with Crippen LogP contribution in [-0.4, -0.2) is 49.3 Å². The third kappa shape index (κ3) is 9.35. The van der Waals surface area contributed by atoms with Gasteiger partial charge < -0.3 is 57.4 Å². The first-order valence-corrected chi connectivity index (χ1v) is 23.9. The zero-order valence-corrected chi connectivity index (χ0v) is 36.6. The van der Waals surface area contributed by atoms with Crippen LogP contribution in [0.3, 0.4) is 0 Å². The Morgan fingerprint density at radius 3 is 0.875 bits per heavy atom. The summed E-state index contributed by atoms with van der Waals surface area (Å²) in [4.78, 5) is 74.6. The van der Waals surface area contributed by atoms with E-state index in [2.05, 4.69) is 9.97 Å². The largest absolute Gasteiger partial charge is 0.427 e. The lowest BCUT2D eigenvalue weighted by atomic mass is 10.0. The van der Waals surface area contributed by atoms with E-state index in [-0.39, 0.29) is 23.0 Å². The van der Waals surface area contributed by atoms with E-state index in [1.54, 1.807) is 97.1 Å². The number of rotatable bonds is 12. The predicted molar refractivity (Wildman–Crippen MR) is 248 cm³/mol. The zero-order valence-electron chi connectivity index (χ0n) is 32.8. The van der Waals surface area contributed by atoms with E-state index < -0.39 is 33.7 Å². The number of nitrogens with zero attached hydrogens (tertiary/aromatic N) is 2. The Kier molecular flexibility index (Phi) is 12.4. The molecule has 3 aromatic heterocycles. The van der Waals surface area contributed by atoms with Crippen LogP contribution < -0.4 is 18.1 Å². The van der Waals surface area contributed by atoms with Crippen LogP contribution in [0.5, 0.6) is 23.0 Å². The van der Waals surface area contributed by atoms with Crippen molar-refractivity contribution in [2.75, 3.05) is 0 Å². The van der Waals surface area contributed by atoms with Crippen LogP contribution in [0, 0.1) is 0 Å². The number of hydrogen-bond acceptors (Lipinski definition) is 12. The van der Waals surface area contributed by atoms with Gasteiger partial charge >= 0.3 is 33.7 Å². The Balaban J connectivity index is 1.38. The molecule has 2 aliphatic heterocycles. The molecule has 0 saturated carbocycles. The molecule has 0 spiro atoms. The highest BCUT2D eigenvalue weighted by molar-refractivity contribution is 7.40. The van der Waals surface area contributed by atoms with Crippen molar-refractivity contribution in [2.45, 2.75) is 0 Å². The Hall–Kier alpha value is -6.24. The molecular formula is C44H34N4O12P4. The van der Waals surface area contributed by atoms with Gasteiger partial charge in [0.15, 0.2) is 0 Å². The Morgan fingerprint density at radius 1 is 0.391 bits per heavy atom. The van der Waals surface area contributed by atoms with Gasteiger partial charge in [-0.15, -0.1) is 0 Å². The number of hydrogen-bond donors (Lipinski definition) is 8. The number of fused-ring (bicyclic) bond motifs is 8. The zero-order chi connectivity index (χ0) is 44.5. The number of H-pyrrole nitrogens is 2. The third-order valence-corrected chi connectivity index (χ3v) is 11.7. The lowest BCUT2D eigenvalue weighted by Crippen LogP contribution is -1.91. The van der Waals surface area contributed by atoms with Crippen LogP contribution in [-0.2, 0) is 9.13 Å². The summed E-state index contributed by atoms with van der Waals surface area (Å²) < 4.78 is 43.6. The molecule has 0 fully saturated rings. The van der Waals surface area contributed by atoms with Gasteiger partial charge in [0.25, 0.3) is 0 Å². The second-order valence-electron chi connectivity index (χ2n) is 14.0. The number of nitrogens with one attached hydrogen (secondary N) is 2. The van der Waals surface area contributed by atoms with Gasteiger partial charge in [0.1, 0.15) is 23.0 Å². The molecule has 2 aliphatic rings. The van der Waals surface area contributed by atoms with Crippen molar-refractivity contribution in [1.82, 2.24) is 19.9 Å². The molecule has 8 N–H and O–H groups in total. The SMILES string of the molecule is O=[PH](O)Oc1ccc(-c2c3nc(c(-c4ccc(O[PH](=O)O)cc4)c4ccc([nH]4)c(-c4ccc(OP(O)O)cc4)c4nc(c(-c5ccc(OP(O)O)cc5)c5ccc2[nH]5)C=C4)C=C3)cc1. The minimum atomic E-state index is -3.25. The topological polar surface area (TPSA) is 250 Å². The van der Waals surface area contributed by atoms with Gasteiger partial charge in [-0.2, -0.15) is 0 Å². The summed E-state index contributed by atoms with van der Waals surface area (Å²) in [5.74, 6) is 0.942. The molecule has 20 heteroatoms. The van der Waals surface area contributed by atoms with E-state index in [9.17, 15) is 38.5 Å². The quantitative estimate of drug-likeness (QED) is 0.0531. The lowest BCUT2D eigenvalue weighted by molar-refractivity contribution is 0.373. The van der Waals surface area contributed by atoms with Crippen LogP contribution in [0.25, 0.3) is 90.9 Å². The molecule has 7 aromatic rings. The normalized spacial score (nSPS) is 13.0. The van der Waals surface area contributed by atoms with Crippen molar-refractivity contribution in [3.63, 3.8) is 0 Å². The highest BCUT2D eigenvalue weighted by atomic mass is 31.2. The molecule has 2 atom stereocenters. The maximum Gasteiger partial charge on any atom is 0.391 e. The van der Waals surface area contributed by atoms with E-state index >= 15 is 0 Å². The van der Waals surface area contributed by atoms with Gasteiger partial charge in [-0.1, -0.05) is 48.5 Å². The number of aromatic amines is 2. The van der Waals surface area contributed by atoms with Gasteiger partial charge in [-0.05, 0) is 119 Å². The number of aromatic nitrogens is 4. The minimum Gasteiger partial charge on any atom is -0.427 e. The summed E-state index contributed by atoms with van der Waals surface area (Å²) in [6, 6.07) is 34.8. The first-order valence-electron chi connectivity index (χ1n) is 19.1. The summed E-state index contributed by atoms with van der Waals surface area (Å²) in [6.07, 6.45) is 7.56. The summed E-state index contributed by atoms with van der Waals surface area (Å²) in [5, 5.41) is 0. The molecule has 16 nitrogen and oxygen atoms in total. The van der Waals surface area contributed by atoms with Crippen molar-refractivity contribution in [3.05, 3.63) is 144 Å². The van der Waals surface area contributed by atoms with Crippen LogP contribution in [0.4, 0.5) is 0 Å². The maximum absolute atomic E-state index is 11.5. The van der Waals surface area contributed by atoms with Crippen molar-refractivity contribution in [1.29, 1.82) is 0 Å². The van der Waals surface area contributed by atoms with Crippen LogP contribution in [0.15, 0.2) is 121 Å². The molecule has 9 rings (SSSR count). The first-order chi connectivity index (χ1) is 30.9. The molecular weight excluding hydrogens is 900 g/mol. The fourth-order valence-corrected chi connectivity index (χ4v) is 8.85. The maximum atomic E-state index is 11.5. The predicted octanol–water partition coefficient (Wildman–Crippen LogP) is 10.0. The highest BCUT2D eigenvalue weighted by Gasteiger charge is 2.20. The summed E-state index contributed by atoms with van der Waals surface area (Å²) in [7, 11) is -11.8. The monoisotopic (exact) mass is 934 g/mol. The van der Waals surface area contributed by atoms with Crippen molar-refractivity contribution >= 4 is 80.1 Å². The third-order valence-electron chi connectivity index (χ3n) is 10.1. The van der Waals surface area contributed by atoms with E-state index in [4.69, 9.17) is 28.1 Å². The molecule has 0 radical (unpaired) electrons. The van der Waals surface area contributed by atoms with E-state index in [0.29, 0.717) is 78.2 Å². The molecule has 0 amide bonds. The average Bonchev–Trinajstić information content (AvgIpc) is 4.11. The molecule has 64 heavy (non-hydrogen) atoms. The Morgan fingerprint density at radius 2 is 0.641 bits per heavy atom. The van der Waals surface area contributed by atoms with Gasteiger partial charge in [0, 0.05) is 44.3 Å². The second kappa shape index (κ2) is 18.5. The van der Waals surface area contributed by atoms with Gasteiger partial charge in [0.05, 0.1) is 22.8 Å². The summed E-state index contributed by atoms with van der Waals surface area (Å²) >= 11 is 0. The molecule has 322 valence electrons. The van der Waals surface area contributed by atoms with E-state index in [1.807, 2.05) is 48.6 Å². The summed E-state index contributed by atoms with van der Waals surface area (Å²) in [5.41, 5.74) is 10.6. The van der Waals surface area contributed by atoms with Gasteiger partial charge in [0.2, 0.25) is 0 Å². The molecule has 4 aromatic carbocycles. The minimum absolute atomic E-state index is 0.214. The smallest absolute Gasteiger partial charge is 0.391 e. The Labute approximate surface area is 367 Å². The van der Waals surface area contributed by atoms with Crippen molar-refractivity contribution < 1.29 is 56.6 Å².